The van der Waals surface area contributed by atoms with Crippen LogP contribution in [0.25, 0.3) is 0 Å². The number of rotatable bonds is 8. The molecule has 4 rings (SSSR count). The van der Waals surface area contributed by atoms with Crippen LogP contribution in [0.2, 0.25) is 0 Å². The van der Waals surface area contributed by atoms with Crippen molar-refractivity contribution in [2.75, 3.05) is 11.4 Å². The zero-order valence-electron chi connectivity index (χ0n) is 25.2. The number of aromatic amines is 1. The molecule has 2 heterocycles. The molecule has 1 fully saturated rings. The first kappa shape index (κ1) is 31.3. The standard InChI is InChI=1S/C33H41F3N4O2/c1-7-39(27-14-22(4)40(23(5)15-27)19-25-11-9-8-10-12-25)30-17-26(33(34,35)36)16-28(24(30)6)31(41)37-18-29-20(2)13-21(3)38-32(29)42/h8-13,16-17,22-23,27H,7,14-15,18-19H2,1-6H3,(H,37,41)(H,38,42)/t22-,23-/m0/s1. The van der Waals surface area contributed by atoms with Crippen molar-refractivity contribution in [3.8, 4) is 0 Å². The number of aromatic nitrogens is 1. The Kier molecular flexibility index (Phi) is 9.50. The molecule has 1 aliphatic heterocycles. The van der Waals surface area contributed by atoms with Gasteiger partial charge in [-0.3, -0.25) is 14.5 Å². The van der Waals surface area contributed by atoms with Gasteiger partial charge in [-0.2, -0.15) is 13.2 Å². The quantitative estimate of drug-likeness (QED) is 0.318. The Morgan fingerprint density at radius 1 is 1.05 bits per heavy atom. The first-order valence-corrected chi connectivity index (χ1v) is 14.6. The fraction of sp³-hybridized carbons (Fsp3) is 0.455. The van der Waals surface area contributed by atoms with E-state index >= 15 is 0 Å². The van der Waals surface area contributed by atoms with E-state index in [-0.39, 0.29) is 35.8 Å². The smallest absolute Gasteiger partial charge is 0.368 e. The third kappa shape index (κ3) is 6.89. The number of benzene rings is 2. The highest BCUT2D eigenvalue weighted by Crippen LogP contribution is 2.38. The Hall–Kier alpha value is -3.59. The fourth-order valence-electron chi connectivity index (χ4n) is 6.34. The van der Waals surface area contributed by atoms with Gasteiger partial charge in [-0.25, -0.2) is 0 Å². The number of carbonyl (C=O) groups is 1. The van der Waals surface area contributed by atoms with E-state index in [1.807, 2.05) is 30.0 Å². The number of amides is 1. The molecule has 2 N–H and O–H groups in total. The van der Waals surface area contributed by atoms with Gasteiger partial charge in [-0.05, 0) is 89.3 Å². The molecule has 0 unspecified atom stereocenters. The van der Waals surface area contributed by atoms with E-state index in [1.165, 1.54) is 11.6 Å². The fourth-order valence-corrected chi connectivity index (χ4v) is 6.34. The van der Waals surface area contributed by atoms with Gasteiger partial charge in [0.05, 0.1) is 5.56 Å². The van der Waals surface area contributed by atoms with Crippen LogP contribution in [0.5, 0.6) is 0 Å². The molecule has 2 atom stereocenters. The van der Waals surface area contributed by atoms with Crippen molar-refractivity contribution in [3.05, 3.63) is 98.0 Å². The minimum atomic E-state index is -4.62. The molecule has 42 heavy (non-hydrogen) atoms. The van der Waals surface area contributed by atoms with Crippen molar-refractivity contribution in [2.45, 2.75) is 91.8 Å². The van der Waals surface area contributed by atoms with Gasteiger partial charge in [-0.1, -0.05) is 30.3 Å². The van der Waals surface area contributed by atoms with E-state index < -0.39 is 17.6 Å². The maximum absolute atomic E-state index is 14.1. The molecule has 2 aromatic carbocycles. The maximum Gasteiger partial charge on any atom is 0.416 e. The lowest BCUT2D eigenvalue weighted by Gasteiger charge is -2.47. The number of hydrogen-bond donors (Lipinski definition) is 2. The molecule has 6 nitrogen and oxygen atoms in total. The molecule has 0 saturated carbocycles. The Morgan fingerprint density at radius 3 is 2.26 bits per heavy atom. The summed E-state index contributed by atoms with van der Waals surface area (Å²) in [5.41, 5.74) is 2.69. The van der Waals surface area contributed by atoms with Gasteiger partial charge in [0.25, 0.3) is 11.5 Å². The molecular weight excluding hydrogens is 541 g/mol. The second-order valence-electron chi connectivity index (χ2n) is 11.6. The number of halogens is 3. The topological polar surface area (TPSA) is 68.4 Å². The minimum absolute atomic E-state index is 0.0129. The predicted octanol–water partition coefficient (Wildman–Crippen LogP) is 6.52. The highest BCUT2D eigenvalue weighted by molar-refractivity contribution is 5.97. The highest BCUT2D eigenvalue weighted by Gasteiger charge is 2.37. The maximum atomic E-state index is 14.1. The van der Waals surface area contributed by atoms with Gasteiger partial charge >= 0.3 is 6.18 Å². The predicted molar refractivity (Wildman–Crippen MR) is 161 cm³/mol. The normalized spacial score (nSPS) is 19.5. The molecule has 0 radical (unpaired) electrons. The highest BCUT2D eigenvalue weighted by atomic mass is 19.4. The molecule has 9 heteroatoms. The molecule has 1 aliphatic rings. The second-order valence-corrected chi connectivity index (χ2v) is 11.6. The van der Waals surface area contributed by atoms with E-state index in [1.54, 1.807) is 26.8 Å². The van der Waals surface area contributed by atoms with Gasteiger partial charge in [0.2, 0.25) is 0 Å². The Morgan fingerprint density at radius 2 is 1.69 bits per heavy atom. The van der Waals surface area contributed by atoms with E-state index in [9.17, 15) is 22.8 Å². The SMILES string of the molecule is CCN(c1cc(C(F)(F)F)cc(C(=O)NCc2c(C)cc(C)[nH]c2=O)c1C)C1C[C@H](C)N(Cc2ccccc2)[C@@H](C)C1. The second kappa shape index (κ2) is 12.7. The van der Waals surface area contributed by atoms with Gasteiger partial charge < -0.3 is 15.2 Å². The molecule has 3 aromatic rings. The summed E-state index contributed by atoms with van der Waals surface area (Å²) in [7, 11) is 0. The van der Waals surface area contributed by atoms with E-state index in [0.717, 1.165) is 25.5 Å². The van der Waals surface area contributed by atoms with Crippen molar-refractivity contribution in [2.24, 2.45) is 0 Å². The van der Waals surface area contributed by atoms with Crippen molar-refractivity contribution in [1.29, 1.82) is 0 Å². The number of likely N-dealkylation sites (tertiary alicyclic amines) is 1. The third-order valence-electron chi connectivity index (χ3n) is 8.53. The lowest BCUT2D eigenvalue weighted by molar-refractivity contribution is -0.137. The van der Waals surface area contributed by atoms with Crippen LogP contribution in [0, 0.1) is 20.8 Å². The lowest BCUT2D eigenvalue weighted by Crippen LogP contribution is -2.53. The van der Waals surface area contributed by atoms with Crippen molar-refractivity contribution < 1.29 is 18.0 Å². The van der Waals surface area contributed by atoms with E-state index in [4.69, 9.17) is 0 Å². The van der Waals surface area contributed by atoms with Crippen molar-refractivity contribution in [3.63, 3.8) is 0 Å². The van der Waals surface area contributed by atoms with Crippen LogP contribution in [0.15, 0.2) is 53.3 Å². The van der Waals surface area contributed by atoms with Gasteiger partial charge in [0.1, 0.15) is 0 Å². The Balaban J connectivity index is 1.62. The Bertz CT molecular complexity index is 1460. The average Bonchev–Trinajstić information content (AvgIpc) is 2.91. The molecule has 0 bridgehead atoms. The zero-order chi connectivity index (χ0) is 30.8. The first-order valence-electron chi connectivity index (χ1n) is 14.6. The third-order valence-corrected chi connectivity index (χ3v) is 8.53. The van der Waals surface area contributed by atoms with Gasteiger partial charge in [0, 0.05) is 60.3 Å². The van der Waals surface area contributed by atoms with Crippen LogP contribution in [0.1, 0.15) is 77.5 Å². The number of pyridine rings is 1. The van der Waals surface area contributed by atoms with Crippen LogP contribution in [0.4, 0.5) is 18.9 Å². The molecule has 0 aliphatic carbocycles. The average molecular weight is 583 g/mol. The molecule has 1 saturated heterocycles. The molecule has 1 aromatic heterocycles. The zero-order valence-corrected chi connectivity index (χ0v) is 25.2. The monoisotopic (exact) mass is 582 g/mol. The summed E-state index contributed by atoms with van der Waals surface area (Å²) in [6.07, 6.45) is -3.05. The van der Waals surface area contributed by atoms with Crippen molar-refractivity contribution in [1.82, 2.24) is 15.2 Å². The number of hydrogen-bond acceptors (Lipinski definition) is 4. The number of alkyl halides is 3. The van der Waals surface area contributed by atoms with Gasteiger partial charge in [-0.15, -0.1) is 0 Å². The minimum Gasteiger partial charge on any atom is -0.368 e. The van der Waals surface area contributed by atoms with Gasteiger partial charge in [0.15, 0.2) is 0 Å². The van der Waals surface area contributed by atoms with Crippen molar-refractivity contribution >= 4 is 11.6 Å². The summed E-state index contributed by atoms with van der Waals surface area (Å²) in [5, 5.41) is 2.69. The number of aryl methyl sites for hydroxylation is 2. The largest absolute Gasteiger partial charge is 0.416 e. The summed E-state index contributed by atoms with van der Waals surface area (Å²) in [6.45, 7) is 12.8. The molecular formula is C33H41F3N4O2. The number of piperidine rings is 1. The summed E-state index contributed by atoms with van der Waals surface area (Å²) in [4.78, 5) is 33.0. The van der Waals surface area contributed by atoms with Crippen LogP contribution in [-0.4, -0.2) is 40.5 Å². The van der Waals surface area contributed by atoms with Crippen LogP contribution < -0.4 is 15.8 Å². The molecule has 226 valence electrons. The summed E-state index contributed by atoms with van der Waals surface area (Å²) in [5.74, 6) is -0.644. The van der Waals surface area contributed by atoms with Crippen LogP contribution >= 0.6 is 0 Å². The van der Waals surface area contributed by atoms with Crippen LogP contribution in [0.3, 0.4) is 0 Å². The van der Waals surface area contributed by atoms with Crippen LogP contribution in [-0.2, 0) is 19.3 Å². The number of H-pyrrole nitrogens is 1. The van der Waals surface area contributed by atoms with E-state index in [0.29, 0.717) is 34.6 Å². The Labute approximate surface area is 245 Å². The summed E-state index contributed by atoms with van der Waals surface area (Å²) in [6, 6.07) is 14.6. The summed E-state index contributed by atoms with van der Waals surface area (Å²) >= 11 is 0. The van der Waals surface area contributed by atoms with E-state index in [2.05, 4.69) is 41.2 Å². The molecule has 0 spiro atoms. The number of nitrogens with one attached hydrogen (secondary N) is 2. The number of nitrogens with zero attached hydrogens (tertiary/aromatic N) is 2. The first-order chi connectivity index (χ1) is 19.8. The number of carbonyl (C=O) groups excluding carboxylic acids is 1. The lowest BCUT2D eigenvalue weighted by atomic mass is 9.89. The molecule has 1 amide bonds. The number of anilines is 1. The summed E-state index contributed by atoms with van der Waals surface area (Å²) < 4.78 is 42.4.